The first-order chi connectivity index (χ1) is 9.74. The maximum Gasteiger partial charge on any atom is 0.320 e. The number of nitrogens with zero attached hydrogens (tertiary/aromatic N) is 2. The van der Waals surface area contributed by atoms with E-state index in [0.29, 0.717) is 24.5 Å². The van der Waals surface area contributed by atoms with Crippen LogP contribution in [0, 0.1) is 0 Å². The molecule has 1 aliphatic carbocycles. The molecule has 0 spiro atoms. The molecular formula is C13H15BrN4O2. The molecule has 0 atom stereocenters. The molecule has 1 aliphatic rings. The summed E-state index contributed by atoms with van der Waals surface area (Å²) in [5.41, 5.74) is 0.829. The van der Waals surface area contributed by atoms with Gasteiger partial charge in [-0.15, -0.1) is 5.10 Å². The van der Waals surface area contributed by atoms with E-state index in [4.69, 9.17) is 9.15 Å². The lowest BCUT2D eigenvalue weighted by molar-refractivity contribution is 0.412. The van der Waals surface area contributed by atoms with E-state index < -0.39 is 0 Å². The third kappa shape index (κ3) is 3.29. The third-order valence-electron chi connectivity index (χ3n) is 2.99. The molecule has 6 nitrogen and oxygen atoms in total. The standard InChI is InChI=1S/C13H15BrN4O2/c1-19-11-6-9(4-5-10(11)14)16-13-18-17-12(20-13)7-15-8-2-3-8/h4-6,8,15H,2-3,7H2,1H3,(H,16,18). The van der Waals surface area contributed by atoms with E-state index in [1.54, 1.807) is 7.11 Å². The predicted molar refractivity (Wildman–Crippen MR) is 78.1 cm³/mol. The SMILES string of the molecule is COc1cc(Nc2nnc(CNC3CC3)o2)ccc1Br. The van der Waals surface area contributed by atoms with Crippen LogP contribution in [-0.4, -0.2) is 23.3 Å². The zero-order valence-corrected chi connectivity index (χ0v) is 12.6. The van der Waals surface area contributed by atoms with Gasteiger partial charge >= 0.3 is 6.01 Å². The summed E-state index contributed by atoms with van der Waals surface area (Å²) in [5.74, 6) is 1.33. The van der Waals surface area contributed by atoms with Crippen LogP contribution in [0.3, 0.4) is 0 Å². The molecule has 2 N–H and O–H groups in total. The fourth-order valence-electron chi connectivity index (χ4n) is 1.76. The number of hydrogen-bond acceptors (Lipinski definition) is 6. The van der Waals surface area contributed by atoms with Crippen molar-refractivity contribution in [2.75, 3.05) is 12.4 Å². The van der Waals surface area contributed by atoms with Gasteiger partial charge in [-0.3, -0.25) is 0 Å². The van der Waals surface area contributed by atoms with Crippen LogP contribution < -0.4 is 15.4 Å². The summed E-state index contributed by atoms with van der Waals surface area (Å²) in [6.07, 6.45) is 2.47. The highest BCUT2D eigenvalue weighted by molar-refractivity contribution is 9.10. The number of ether oxygens (including phenoxy) is 1. The normalized spacial score (nSPS) is 14.3. The average molecular weight is 339 g/mol. The Morgan fingerprint density at radius 3 is 3.00 bits per heavy atom. The minimum absolute atomic E-state index is 0.377. The summed E-state index contributed by atoms with van der Waals surface area (Å²) in [6.45, 7) is 0.614. The van der Waals surface area contributed by atoms with Gasteiger partial charge in [-0.05, 0) is 40.9 Å². The Hall–Kier alpha value is -1.60. The minimum atomic E-state index is 0.377. The molecule has 106 valence electrons. The molecule has 0 radical (unpaired) electrons. The first-order valence-electron chi connectivity index (χ1n) is 6.41. The van der Waals surface area contributed by atoms with Crippen molar-refractivity contribution in [1.29, 1.82) is 0 Å². The topological polar surface area (TPSA) is 72.2 Å². The lowest BCUT2D eigenvalue weighted by Gasteiger charge is -2.06. The number of methoxy groups -OCH3 is 1. The largest absolute Gasteiger partial charge is 0.495 e. The number of benzene rings is 1. The molecule has 3 rings (SSSR count). The van der Waals surface area contributed by atoms with Gasteiger partial charge in [-0.25, -0.2) is 0 Å². The van der Waals surface area contributed by atoms with Gasteiger partial charge in [0.15, 0.2) is 0 Å². The highest BCUT2D eigenvalue weighted by Gasteiger charge is 2.21. The summed E-state index contributed by atoms with van der Waals surface area (Å²) in [7, 11) is 1.62. The van der Waals surface area contributed by atoms with Crippen LogP contribution in [0.15, 0.2) is 27.1 Å². The van der Waals surface area contributed by atoms with Crippen LogP contribution in [-0.2, 0) is 6.54 Å². The van der Waals surface area contributed by atoms with Crippen LogP contribution in [0.5, 0.6) is 5.75 Å². The number of anilines is 2. The first kappa shape index (κ1) is 13.4. The molecule has 0 aliphatic heterocycles. The average Bonchev–Trinajstić information content (AvgIpc) is 3.18. The monoisotopic (exact) mass is 338 g/mol. The van der Waals surface area contributed by atoms with Crippen molar-refractivity contribution >= 4 is 27.6 Å². The molecule has 1 aromatic heterocycles. The molecule has 0 unspecified atom stereocenters. The van der Waals surface area contributed by atoms with E-state index in [0.717, 1.165) is 15.9 Å². The van der Waals surface area contributed by atoms with E-state index in [-0.39, 0.29) is 0 Å². The zero-order valence-electron chi connectivity index (χ0n) is 11.0. The molecule has 1 saturated carbocycles. The van der Waals surface area contributed by atoms with Gasteiger partial charge in [0, 0.05) is 17.8 Å². The van der Waals surface area contributed by atoms with Crippen molar-refractivity contribution in [2.24, 2.45) is 0 Å². The highest BCUT2D eigenvalue weighted by atomic mass is 79.9. The lowest BCUT2D eigenvalue weighted by atomic mass is 10.3. The van der Waals surface area contributed by atoms with Crippen LogP contribution in [0.2, 0.25) is 0 Å². The minimum Gasteiger partial charge on any atom is -0.495 e. The first-order valence-corrected chi connectivity index (χ1v) is 7.20. The Balaban J connectivity index is 1.64. The van der Waals surface area contributed by atoms with Gasteiger partial charge in [0.05, 0.1) is 18.1 Å². The van der Waals surface area contributed by atoms with Crippen molar-refractivity contribution in [1.82, 2.24) is 15.5 Å². The van der Waals surface area contributed by atoms with Gasteiger partial charge in [0.1, 0.15) is 5.75 Å². The van der Waals surface area contributed by atoms with Crippen LogP contribution in [0.4, 0.5) is 11.7 Å². The quantitative estimate of drug-likeness (QED) is 0.843. The molecule has 1 heterocycles. The highest BCUT2D eigenvalue weighted by Crippen LogP contribution is 2.29. The van der Waals surface area contributed by atoms with E-state index in [9.17, 15) is 0 Å². The molecule has 0 amide bonds. The summed E-state index contributed by atoms with van der Waals surface area (Å²) in [5, 5.41) is 14.3. The number of rotatable bonds is 6. The van der Waals surface area contributed by atoms with Crippen LogP contribution >= 0.6 is 15.9 Å². The zero-order chi connectivity index (χ0) is 13.9. The van der Waals surface area contributed by atoms with Gasteiger partial charge in [0.2, 0.25) is 5.89 Å². The van der Waals surface area contributed by atoms with E-state index in [1.165, 1.54) is 12.8 Å². The van der Waals surface area contributed by atoms with Crippen molar-refractivity contribution in [2.45, 2.75) is 25.4 Å². The predicted octanol–water partition coefficient (Wildman–Crippen LogP) is 2.84. The Morgan fingerprint density at radius 2 is 2.25 bits per heavy atom. The maximum absolute atomic E-state index is 5.52. The van der Waals surface area contributed by atoms with Gasteiger partial charge in [-0.2, -0.15) is 0 Å². The Labute approximate surface area is 125 Å². The second kappa shape index (κ2) is 5.80. The molecule has 0 saturated heterocycles. The van der Waals surface area contributed by atoms with Gasteiger partial charge in [-0.1, -0.05) is 5.10 Å². The van der Waals surface area contributed by atoms with Crippen LogP contribution in [0.25, 0.3) is 0 Å². The molecule has 20 heavy (non-hydrogen) atoms. The van der Waals surface area contributed by atoms with Crippen molar-refractivity contribution in [3.63, 3.8) is 0 Å². The Bertz CT molecular complexity index is 598. The molecular weight excluding hydrogens is 324 g/mol. The Morgan fingerprint density at radius 1 is 1.40 bits per heavy atom. The summed E-state index contributed by atoms with van der Waals surface area (Å²) >= 11 is 3.41. The fourth-order valence-corrected chi connectivity index (χ4v) is 2.16. The van der Waals surface area contributed by atoms with Gasteiger partial charge in [0.25, 0.3) is 0 Å². The number of aromatic nitrogens is 2. The number of halogens is 1. The summed E-state index contributed by atoms with van der Waals surface area (Å²) < 4.78 is 11.7. The number of hydrogen-bond donors (Lipinski definition) is 2. The number of nitrogens with one attached hydrogen (secondary N) is 2. The molecule has 1 aromatic carbocycles. The fraction of sp³-hybridized carbons (Fsp3) is 0.385. The third-order valence-corrected chi connectivity index (χ3v) is 3.64. The second-order valence-electron chi connectivity index (χ2n) is 4.63. The lowest BCUT2D eigenvalue weighted by Crippen LogP contribution is -2.15. The van der Waals surface area contributed by atoms with Crippen molar-refractivity contribution < 1.29 is 9.15 Å². The molecule has 2 aromatic rings. The second-order valence-corrected chi connectivity index (χ2v) is 5.48. The maximum atomic E-state index is 5.52. The van der Waals surface area contributed by atoms with Gasteiger partial charge < -0.3 is 19.8 Å². The Kier molecular flexibility index (Phi) is 3.88. The molecule has 1 fully saturated rings. The van der Waals surface area contributed by atoms with E-state index in [2.05, 4.69) is 36.8 Å². The van der Waals surface area contributed by atoms with Crippen molar-refractivity contribution in [3.05, 3.63) is 28.6 Å². The van der Waals surface area contributed by atoms with Crippen LogP contribution in [0.1, 0.15) is 18.7 Å². The summed E-state index contributed by atoms with van der Waals surface area (Å²) in [4.78, 5) is 0. The molecule has 0 bridgehead atoms. The van der Waals surface area contributed by atoms with Crippen molar-refractivity contribution in [3.8, 4) is 5.75 Å². The summed E-state index contributed by atoms with van der Waals surface area (Å²) in [6, 6.07) is 6.65. The smallest absolute Gasteiger partial charge is 0.320 e. The molecule has 7 heteroatoms. The van der Waals surface area contributed by atoms with E-state index in [1.807, 2.05) is 18.2 Å². The van der Waals surface area contributed by atoms with E-state index >= 15 is 0 Å².